The third-order valence-electron chi connectivity index (χ3n) is 2.37. The minimum atomic E-state index is 0.254. The third kappa shape index (κ3) is 4.86. The summed E-state index contributed by atoms with van der Waals surface area (Å²) in [5, 5.41) is 3.42. The van der Waals surface area contributed by atoms with E-state index in [0.29, 0.717) is 13.2 Å². The summed E-state index contributed by atoms with van der Waals surface area (Å²) in [6, 6.07) is 5.99. The van der Waals surface area contributed by atoms with Gasteiger partial charge in [-0.25, -0.2) is 0 Å². The lowest BCUT2D eigenvalue weighted by Gasteiger charge is -2.20. The van der Waals surface area contributed by atoms with Gasteiger partial charge < -0.3 is 14.8 Å². The van der Waals surface area contributed by atoms with E-state index >= 15 is 0 Å². The van der Waals surface area contributed by atoms with Gasteiger partial charge in [0.15, 0.2) is 11.5 Å². The molecule has 0 aliphatic heterocycles. The predicted octanol–water partition coefficient (Wildman–Crippen LogP) is 3.94. The smallest absolute Gasteiger partial charge is 0.163 e. The molecule has 0 saturated carbocycles. The highest BCUT2D eigenvalue weighted by Crippen LogP contribution is 2.31. The Balaban J connectivity index is 2.79. The predicted molar refractivity (Wildman–Crippen MR) is 76.7 cm³/mol. The molecule has 1 N–H and O–H groups in total. The molecule has 1 rings (SSSR count). The van der Waals surface area contributed by atoms with Crippen LogP contribution in [0.3, 0.4) is 0 Å². The van der Waals surface area contributed by atoms with Gasteiger partial charge in [0.05, 0.1) is 13.2 Å². The van der Waals surface area contributed by atoms with Gasteiger partial charge >= 0.3 is 0 Å². The molecule has 102 valence electrons. The van der Waals surface area contributed by atoms with Gasteiger partial charge in [-0.2, -0.15) is 0 Å². The normalized spacial score (nSPS) is 11.2. The van der Waals surface area contributed by atoms with Crippen LogP contribution in [0.5, 0.6) is 11.5 Å². The van der Waals surface area contributed by atoms with Gasteiger partial charge in [-0.15, -0.1) is 0 Å². The molecule has 0 atom stereocenters. The van der Waals surface area contributed by atoms with E-state index in [-0.39, 0.29) is 5.41 Å². The molecule has 0 amide bonds. The summed E-state index contributed by atoms with van der Waals surface area (Å²) in [7, 11) is 0. The summed E-state index contributed by atoms with van der Waals surface area (Å²) in [5.74, 6) is 1.61. The largest absolute Gasteiger partial charge is 0.490 e. The van der Waals surface area contributed by atoms with E-state index in [4.69, 9.17) is 9.47 Å². The minimum Gasteiger partial charge on any atom is -0.490 e. The molecule has 18 heavy (non-hydrogen) atoms. The van der Waals surface area contributed by atoms with Gasteiger partial charge in [0.25, 0.3) is 0 Å². The zero-order valence-electron chi connectivity index (χ0n) is 12.2. The minimum absolute atomic E-state index is 0.254. The van der Waals surface area contributed by atoms with Crippen LogP contribution >= 0.6 is 0 Å². The number of hydrogen-bond donors (Lipinski definition) is 1. The van der Waals surface area contributed by atoms with Crippen molar-refractivity contribution in [3.05, 3.63) is 18.2 Å². The molecule has 1 aromatic carbocycles. The van der Waals surface area contributed by atoms with Gasteiger partial charge in [0.1, 0.15) is 0 Å². The molecule has 0 bridgehead atoms. The maximum atomic E-state index is 5.60. The molecule has 3 heteroatoms. The summed E-state index contributed by atoms with van der Waals surface area (Å²) < 4.78 is 11.1. The Bertz CT molecular complexity index is 369. The molecular formula is C15H25NO2. The Morgan fingerprint density at radius 2 is 1.61 bits per heavy atom. The fourth-order valence-corrected chi connectivity index (χ4v) is 1.53. The Hall–Kier alpha value is -1.38. The fraction of sp³-hybridized carbons (Fsp3) is 0.600. The summed E-state index contributed by atoms with van der Waals surface area (Å²) in [4.78, 5) is 0. The van der Waals surface area contributed by atoms with Gasteiger partial charge in [-0.1, -0.05) is 20.8 Å². The second-order valence-electron chi connectivity index (χ2n) is 5.44. The molecule has 0 aromatic heterocycles. The molecule has 0 unspecified atom stereocenters. The van der Waals surface area contributed by atoms with Gasteiger partial charge in [-0.05, 0) is 31.4 Å². The van der Waals surface area contributed by atoms with Crippen LogP contribution in [-0.2, 0) is 0 Å². The van der Waals surface area contributed by atoms with Crippen molar-refractivity contribution in [3.8, 4) is 11.5 Å². The zero-order valence-corrected chi connectivity index (χ0v) is 12.2. The van der Waals surface area contributed by atoms with Gasteiger partial charge in [0.2, 0.25) is 0 Å². The van der Waals surface area contributed by atoms with E-state index < -0.39 is 0 Å². The molecule has 0 radical (unpaired) electrons. The summed E-state index contributed by atoms with van der Waals surface area (Å²) in [6.45, 7) is 12.8. The highest BCUT2D eigenvalue weighted by molar-refractivity contribution is 5.54. The maximum Gasteiger partial charge on any atom is 0.163 e. The number of ether oxygens (including phenoxy) is 2. The van der Waals surface area contributed by atoms with Crippen LogP contribution in [0, 0.1) is 5.41 Å². The highest BCUT2D eigenvalue weighted by atomic mass is 16.5. The van der Waals surface area contributed by atoms with E-state index in [0.717, 1.165) is 23.7 Å². The van der Waals surface area contributed by atoms with Crippen LogP contribution in [0.25, 0.3) is 0 Å². The Morgan fingerprint density at radius 1 is 1.00 bits per heavy atom. The molecule has 0 heterocycles. The quantitative estimate of drug-likeness (QED) is 0.830. The molecule has 3 nitrogen and oxygen atoms in total. The van der Waals surface area contributed by atoms with Crippen LogP contribution in [0.15, 0.2) is 18.2 Å². The average molecular weight is 251 g/mol. The van der Waals surface area contributed by atoms with E-state index in [9.17, 15) is 0 Å². The monoisotopic (exact) mass is 251 g/mol. The number of anilines is 1. The second kappa shape index (κ2) is 6.53. The van der Waals surface area contributed by atoms with Crippen molar-refractivity contribution in [1.29, 1.82) is 0 Å². The average Bonchev–Trinajstić information content (AvgIpc) is 2.29. The SMILES string of the molecule is CCOc1ccc(NCC(C)(C)C)cc1OCC. The Kier molecular flexibility index (Phi) is 5.32. The van der Waals surface area contributed by atoms with Crippen molar-refractivity contribution in [2.24, 2.45) is 5.41 Å². The van der Waals surface area contributed by atoms with Crippen molar-refractivity contribution in [1.82, 2.24) is 0 Å². The van der Waals surface area contributed by atoms with Crippen molar-refractivity contribution < 1.29 is 9.47 Å². The van der Waals surface area contributed by atoms with Gasteiger partial charge in [-0.3, -0.25) is 0 Å². The van der Waals surface area contributed by atoms with Crippen LogP contribution in [0.2, 0.25) is 0 Å². The molecule has 1 aromatic rings. The Morgan fingerprint density at radius 3 is 2.17 bits per heavy atom. The van der Waals surface area contributed by atoms with Crippen molar-refractivity contribution in [2.75, 3.05) is 25.1 Å². The number of rotatable bonds is 6. The van der Waals surface area contributed by atoms with E-state index in [1.54, 1.807) is 0 Å². The standard InChI is InChI=1S/C15H25NO2/c1-6-17-13-9-8-12(10-14(13)18-7-2)16-11-15(3,4)5/h8-10,16H,6-7,11H2,1-5H3. The Labute approximate surface area is 110 Å². The third-order valence-corrected chi connectivity index (χ3v) is 2.37. The number of hydrogen-bond acceptors (Lipinski definition) is 3. The zero-order chi connectivity index (χ0) is 13.6. The highest BCUT2D eigenvalue weighted by Gasteiger charge is 2.11. The summed E-state index contributed by atoms with van der Waals surface area (Å²) >= 11 is 0. The van der Waals surface area contributed by atoms with Gasteiger partial charge in [0, 0.05) is 18.3 Å². The topological polar surface area (TPSA) is 30.5 Å². The number of benzene rings is 1. The number of nitrogens with one attached hydrogen (secondary N) is 1. The van der Waals surface area contributed by atoms with Crippen LogP contribution in [-0.4, -0.2) is 19.8 Å². The fourth-order valence-electron chi connectivity index (χ4n) is 1.53. The maximum absolute atomic E-state index is 5.60. The molecular weight excluding hydrogens is 226 g/mol. The first-order valence-corrected chi connectivity index (χ1v) is 6.59. The molecule has 0 fully saturated rings. The first-order valence-electron chi connectivity index (χ1n) is 6.59. The summed E-state index contributed by atoms with van der Waals surface area (Å²) in [5.41, 5.74) is 1.32. The first kappa shape index (κ1) is 14.7. The van der Waals surface area contributed by atoms with E-state index in [1.807, 2.05) is 32.0 Å². The van der Waals surface area contributed by atoms with Crippen molar-refractivity contribution in [2.45, 2.75) is 34.6 Å². The summed E-state index contributed by atoms with van der Waals surface area (Å²) in [6.07, 6.45) is 0. The van der Waals surface area contributed by atoms with E-state index in [1.165, 1.54) is 0 Å². The van der Waals surface area contributed by atoms with Crippen LogP contribution < -0.4 is 14.8 Å². The second-order valence-corrected chi connectivity index (χ2v) is 5.44. The van der Waals surface area contributed by atoms with Crippen molar-refractivity contribution in [3.63, 3.8) is 0 Å². The lowest BCUT2D eigenvalue weighted by Crippen LogP contribution is -2.19. The lowest BCUT2D eigenvalue weighted by molar-refractivity contribution is 0.288. The molecule has 0 saturated heterocycles. The lowest BCUT2D eigenvalue weighted by atomic mass is 9.97. The first-order chi connectivity index (χ1) is 8.46. The van der Waals surface area contributed by atoms with Crippen molar-refractivity contribution >= 4 is 5.69 Å². The van der Waals surface area contributed by atoms with E-state index in [2.05, 4.69) is 26.1 Å². The molecule has 0 spiro atoms. The molecule has 0 aliphatic rings. The molecule has 0 aliphatic carbocycles. The van der Waals surface area contributed by atoms with Crippen LogP contribution in [0.1, 0.15) is 34.6 Å². The van der Waals surface area contributed by atoms with Crippen LogP contribution in [0.4, 0.5) is 5.69 Å².